The molecule has 108 valence electrons. The van der Waals surface area contributed by atoms with Crippen LogP contribution in [-0.4, -0.2) is 35.4 Å². The highest BCUT2D eigenvalue weighted by atomic mass is 16.5. The Morgan fingerprint density at radius 1 is 1.35 bits per heavy atom. The van der Waals surface area contributed by atoms with E-state index < -0.39 is 6.04 Å². The van der Waals surface area contributed by atoms with Crippen molar-refractivity contribution in [2.45, 2.75) is 39.3 Å². The highest BCUT2D eigenvalue weighted by molar-refractivity contribution is 6.07. The van der Waals surface area contributed by atoms with Crippen molar-refractivity contribution in [1.29, 1.82) is 0 Å². The molecule has 5 heteroatoms. The minimum Gasteiger partial charge on any atom is -0.492 e. The summed E-state index contributed by atoms with van der Waals surface area (Å²) in [6, 6.07) is 6.81. The van der Waals surface area contributed by atoms with Crippen LogP contribution >= 0.6 is 0 Å². The van der Waals surface area contributed by atoms with Gasteiger partial charge in [0.05, 0.1) is 18.7 Å². The number of carbonyl (C=O) groups excluding carboxylic acids is 2. The minimum absolute atomic E-state index is 0.107. The maximum absolute atomic E-state index is 12.2. The van der Waals surface area contributed by atoms with Gasteiger partial charge in [-0.3, -0.25) is 14.5 Å². The smallest absolute Gasteiger partial charge is 0.252 e. The molecule has 0 saturated carbocycles. The van der Waals surface area contributed by atoms with E-state index in [-0.39, 0.29) is 24.3 Å². The molecule has 1 aliphatic rings. The van der Waals surface area contributed by atoms with Crippen molar-refractivity contribution in [3.8, 4) is 5.75 Å². The molecule has 5 nitrogen and oxygen atoms in total. The second-order valence-corrected chi connectivity index (χ2v) is 5.03. The Hall–Kier alpha value is -2.04. The van der Waals surface area contributed by atoms with Gasteiger partial charge in [0.2, 0.25) is 5.91 Å². The van der Waals surface area contributed by atoms with Gasteiger partial charge in [0.25, 0.3) is 5.91 Å². The Labute approximate surface area is 118 Å². The van der Waals surface area contributed by atoms with E-state index in [0.29, 0.717) is 12.4 Å². The third kappa shape index (κ3) is 2.76. The summed E-state index contributed by atoms with van der Waals surface area (Å²) in [7, 11) is 0. The number of anilines is 1. The van der Waals surface area contributed by atoms with Gasteiger partial charge in [-0.15, -0.1) is 0 Å². The van der Waals surface area contributed by atoms with Crippen molar-refractivity contribution in [1.82, 2.24) is 4.90 Å². The fourth-order valence-corrected chi connectivity index (χ4v) is 2.36. The topological polar surface area (TPSA) is 58.6 Å². The van der Waals surface area contributed by atoms with E-state index in [1.165, 1.54) is 4.90 Å². The van der Waals surface area contributed by atoms with Crippen LogP contribution in [0, 0.1) is 0 Å². The number of para-hydroxylation sites is 2. The van der Waals surface area contributed by atoms with Crippen LogP contribution in [0.1, 0.15) is 27.2 Å². The Balaban J connectivity index is 2.15. The molecule has 20 heavy (non-hydrogen) atoms. The number of nitrogens with one attached hydrogen (secondary N) is 1. The normalized spacial score (nSPS) is 18.8. The molecule has 1 N–H and O–H groups in total. The van der Waals surface area contributed by atoms with E-state index in [2.05, 4.69) is 5.32 Å². The number of nitrogens with zero attached hydrogens (tertiary/aromatic N) is 1. The van der Waals surface area contributed by atoms with Gasteiger partial charge >= 0.3 is 0 Å². The van der Waals surface area contributed by atoms with Crippen molar-refractivity contribution in [3.05, 3.63) is 24.3 Å². The highest BCUT2D eigenvalue weighted by Crippen LogP contribution is 2.27. The number of amides is 2. The molecule has 2 amide bonds. The number of hydrogen-bond donors (Lipinski definition) is 1. The number of carbonyl (C=O) groups is 2. The molecule has 1 heterocycles. The first-order valence-electron chi connectivity index (χ1n) is 6.88. The van der Waals surface area contributed by atoms with E-state index in [1.807, 2.05) is 45.0 Å². The van der Waals surface area contributed by atoms with Gasteiger partial charge in [0.15, 0.2) is 0 Å². The van der Waals surface area contributed by atoms with Crippen LogP contribution in [0.15, 0.2) is 24.3 Å². The van der Waals surface area contributed by atoms with Crippen LogP contribution in [0.5, 0.6) is 5.75 Å². The second kappa shape index (κ2) is 5.94. The van der Waals surface area contributed by atoms with Crippen LogP contribution < -0.4 is 10.1 Å². The monoisotopic (exact) mass is 276 g/mol. The van der Waals surface area contributed by atoms with Crippen LogP contribution in [0.25, 0.3) is 0 Å². The first-order valence-corrected chi connectivity index (χ1v) is 6.88. The van der Waals surface area contributed by atoms with E-state index in [9.17, 15) is 9.59 Å². The average molecular weight is 276 g/mol. The molecule has 1 unspecified atom stereocenters. The molecule has 1 aromatic rings. The Bertz CT molecular complexity index is 514. The first-order chi connectivity index (χ1) is 9.54. The maximum atomic E-state index is 12.2. The van der Waals surface area contributed by atoms with Crippen molar-refractivity contribution < 1.29 is 14.3 Å². The predicted molar refractivity (Wildman–Crippen MR) is 76.6 cm³/mol. The fourth-order valence-electron chi connectivity index (χ4n) is 2.36. The zero-order valence-corrected chi connectivity index (χ0v) is 12.1. The Morgan fingerprint density at radius 3 is 2.65 bits per heavy atom. The SMILES string of the molecule is CCOc1ccccc1NC1CC(=O)N(C(C)C)C1=O. The van der Waals surface area contributed by atoms with E-state index >= 15 is 0 Å². The molecule has 2 rings (SSSR count). The molecular formula is C15H20N2O3. The van der Waals surface area contributed by atoms with Crippen molar-refractivity contribution in [3.63, 3.8) is 0 Å². The molecule has 1 saturated heterocycles. The van der Waals surface area contributed by atoms with Gasteiger partial charge in [-0.25, -0.2) is 0 Å². The lowest BCUT2D eigenvalue weighted by Crippen LogP contribution is -2.39. The summed E-state index contributed by atoms with van der Waals surface area (Å²) in [6.07, 6.45) is 0.192. The van der Waals surface area contributed by atoms with Gasteiger partial charge in [-0.2, -0.15) is 0 Å². The number of rotatable bonds is 5. The van der Waals surface area contributed by atoms with Crippen LogP contribution in [0.4, 0.5) is 5.69 Å². The third-order valence-corrected chi connectivity index (χ3v) is 3.22. The number of hydrogen-bond acceptors (Lipinski definition) is 4. The van der Waals surface area contributed by atoms with Gasteiger partial charge in [-0.1, -0.05) is 12.1 Å². The second-order valence-electron chi connectivity index (χ2n) is 5.03. The standard InChI is InChI=1S/C15H20N2O3/c1-4-20-13-8-6-5-7-11(13)16-12-9-14(18)17(10(2)3)15(12)19/h5-8,10,12,16H,4,9H2,1-3H3. The van der Waals surface area contributed by atoms with Crippen molar-refractivity contribution in [2.24, 2.45) is 0 Å². The van der Waals surface area contributed by atoms with Gasteiger partial charge in [0.1, 0.15) is 11.8 Å². The number of likely N-dealkylation sites (tertiary alicyclic amines) is 1. The molecule has 0 aromatic heterocycles. The molecule has 1 aromatic carbocycles. The summed E-state index contributed by atoms with van der Waals surface area (Å²) < 4.78 is 5.51. The number of benzene rings is 1. The summed E-state index contributed by atoms with van der Waals surface area (Å²) in [5.41, 5.74) is 0.742. The third-order valence-electron chi connectivity index (χ3n) is 3.22. The predicted octanol–water partition coefficient (Wildman–Crippen LogP) is 2.03. The lowest BCUT2D eigenvalue weighted by Gasteiger charge is -2.20. The summed E-state index contributed by atoms with van der Waals surface area (Å²) in [6.45, 7) is 6.13. The van der Waals surface area contributed by atoms with Crippen molar-refractivity contribution in [2.75, 3.05) is 11.9 Å². The van der Waals surface area contributed by atoms with Crippen molar-refractivity contribution >= 4 is 17.5 Å². The fraction of sp³-hybridized carbons (Fsp3) is 0.467. The van der Waals surface area contributed by atoms with Crippen LogP contribution in [-0.2, 0) is 9.59 Å². The summed E-state index contributed by atoms with van der Waals surface area (Å²) in [4.78, 5) is 25.4. The zero-order valence-electron chi connectivity index (χ0n) is 12.1. The largest absolute Gasteiger partial charge is 0.492 e. The summed E-state index contributed by atoms with van der Waals surface area (Å²) >= 11 is 0. The van der Waals surface area contributed by atoms with Gasteiger partial charge in [0, 0.05) is 6.04 Å². The highest BCUT2D eigenvalue weighted by Gasteiger charge is 2.40. The van der Waals surface area contributed by atoms with Crippen LogP contribution in [0.2, 0.25) is 0 Å². The lowest BCUT2D eigenvalue weighted by atomic mass is 10.2. The average Bonchev–Trinajstić information content (AvgIpc) is 2.67. The maximum Gasteiger partial charge on any atom is 0.252 e. The lowest BCUT2D eigenvalue weighted by molar-refractivity contribution is -0.140. The number of ether oxygens (including phenoxy) is 1. The molecule has 0 radical (unpaired) electrons. The molecule has 0 bridgehead atoms. The first kappa shape index (κ1) is 14.4. The molecule has 1 atom stereocenters. The molecule has 1 fully saturated rings. The molecule has 1 aliphatic heterocycles. The van der Waals surface area contributed by atoms with Gasteiger partial charge in [-0.05, 0) is 32.9 Å². The molecule has 0 spiro atoms. The molecular weight excluding hydrogens is 256 g/mol. The zero-order chi connectivity index (χ0) is 14.7. The van der Waals surface area contributed by atoms with Crippen LogP contribution in [0.3, 0.4) is 0 Å². The van der Waals surface area contributed by atoms with E-state index in [4.69, 9.17) is 4.74 Å². The Morgan fingerprint density at radius 2 is 2.05 bits per heavy atom. The van der Waals surface area contributed by atoms with Gasteiger partial charge < -0.3 is 10.1 Å². The van der Waals surface area contributed by atoms with E-state index in [1.54, 1.807) is 0 Å². The quantitative estimate of drug-likeness (QED) is 0.836. The Kier molecular flexibility index (Phi) is 4.27. The molecule has 0 aliphatic carbocycles. The minimum atomic E-state index is -0.508. The number of imide groups is 1. The van der Waals surface area contributed by atoms with E-state index in [0.717, 1.165) is 5.69 Å². The summed E-state index contributed by atoms with van der Waals surface area (Å²) in [5, 5.41) is 3.12. The summed E-state index contributed by atoms with van der Waals surface area (Å²) in [5.74, 6) is 0.394.